The number of hydrogen-bond donors (Lipinski definition) is 0. The van der Waals surface area contributed by atoms with Gasteiger partial charge in [0.15, 0.2) is 5.11 Å². The van der Waals surface area contributed by atoms with Gasteiger partial charge in [-0.05, 0) is 47.5 Å². The van der Waals surface area contributed by atoms with Crippen LogP contribution in [0, 0.1) is 0 Å². The first kappa shape index (κ1) is 14.4. The van der Waals surface area contributed by atoms with Gasteiger partial charge in [0.05, 0.1) is 5.69 Å². The number of carbonyl (C=O) groups is 1. The average molecular weight is 322 g/mol. The molecule has 2 aliphatic rings. The fourth-order valence-electron chi connectivity index (χ4n) is 3.43. The van der Waals surface area contributed by atoms with Crippen LogP contribution in [0.5, 0.6) is 0 Å². The maximum Gasteiger partial charge on any atom is 0.256 e. The molecule has 4 rings (SSSR count). The molecule has 0 saturated carbocycles. The maximum absolute atomic E-state index is 12.9. The Labute approximate surface area is 141 Å². The van der Waals surface area contributed by atoms with Gasteiger partial charge in [0, 0.05) is 13.0 Å². The highest BCUT2D eigenvalue weighted by Gasteiger charge is 2.45. The third-order valence-electron chi connectivity index (χ3n) is 4.79. The van der Waals surface area contributed by atoms with E-state index in [1.54, 1.807) is 4.90 Å². The number of amides is 1. The van der Waals surface area contributed by atoms with Gasteiger partial charge < -0.3 is 4.90 Å². The number of hydrogen-bond acceptors (Lipinski definition) is 2. The van der Waals surface area contributed by atoms with Crippen molar-refractivity contribution in [1.82, 2.24) is 4.90 Å². The number of carbonyl (C=O) groups excluding carboxylic acids is 1. The topological polar surface area (TPSA) is 23.6 Å². The standard InChI is InChI=1S/C19H18N2OS/c1-2-13-7-9-16(10-8-13)21-18(22)17-11-14-5-3-4-6-15(14)12-20(17)19(21)23/h3-10,17H,2,11-12H2,1H3. The Morgan fingerprint density at radius 2 is 1.78 bits per heavy atom. The highest BCUT2D eigenvalue weighted by Crippen LogP contribution is 2.33. The summed E-state index contributed by atoms with van der Waals surface area (Å²) in [4.78, 5) is 16.7. The molecular weight excluding hydrogens is 304 g/mol. The van der Waals surface area contributed by atoms with E-state index in [-0.39, 0.29) is 11.9 Å². The minimum absolute atomic E-state index is 0.0914. The molecule has 1 fully saturated rings. The number of aryl methyl sites for hydroxylation is 1. The van der Waals surface area contributed by atoms with Gasteiger partial charge in [0.25, 0.3) is 5.91 Å². The molecule has 4 heteroatoms. The van der Waals surface area contributed by atoms with Crippen molar-refractivity contribution in [3.05, 3.63) is 65.2 Å². The minimum Gasteiger partial charge on any atom is -0.332 e. The minimum atomic E-state index is -0.164. The van der Waals surface area contributed by atoms with Crippen LogP contribution in [0.4, 0.5) is 5.69 Å². The molecular formula is C19H18N2OS. The summed E-state index contributed by atoms with van der Waals surface area (Å²) in [6.45, 7) is 2.84. The Balaban J connectivity index is 1.68. The molecule has 2 aromatic carbocycles. The second kappa shape index (κ2) is 5.46. The molecule has 1 amide bonds. The summed E-state index contributed by atoms with van der Waals surface area (Å²) in [6, 6.07) is 16.3. The van der Waals surface area contributed by atoms with Crippen LogP contribution in [0.2, 0.25) is 0 Å². The Hall–Kier alpha value is -2.20. The number of fused-ring (bicyclic) bond motifs is 2. The summed E-state index contributed by atoms with van der Waals surface area (Å²) >= 11 is 5.62. The summed E-state index contributed by atoms with van der Waals surface area (Å²) < 4.78 is 0. The van der Waals surface area contributed by atoms with E-state index in [0.29, 0.717) is 5.11 Å². The normalized spacial score (nSPS) is 19.8. The van der Waals surface area contributed by atoms with Gasteiger partial charge in [-0.2, -0.15) is 0 Å². The second-order valence-corrected chi connectivity index (χ2v) is 6.46. The number of anilines is 1. The van der Waals surface area contributed by atoms with Crippen LogP contribution in [0.3, 0.4) is 0 Å². The maximum atomic E-state index is 12.9. The van der Waals surface area contributed by atoms with E-state index < -0.39 is 0 Å². The molecule has 1 unspecified atom stereocenters. The van der Waals surface area contributed by atoms with Crippen molar-refractivity contribution >= 4 is 28.9 Å². The van der Waals surface area contributed by atoms with Crippen LogP contribution < -0.4 is 4.90 Å². The number of rotatable bonds is 2. The molecule has 0 radical (unpaired) electrons. The van der Waals surface area contributed by atoms with Crippen LogP contribution in [0.15, 0.2) is 48.5 Å². The van der Waals surface area contributed by atoms with Crippen molar-refractivity contribution in [3.63, 3.8) is 0 Å². The summed E-state index contributed by atoms with van der Waals surface area (Å²) in [7, 11) is 0. The Morgan fingerprint density at radius 1 is 1.09 bits per heavy atom. The van der Waals surface area contributed by atoms with Crippen molar-refractivity contribution in [1.29, 1.82) is 0 Å². The predicted molar refractivity (Wildman–Crippen MR) is 95.4 cm³/mol. The number of thiocarbonyl (C=S) groups is 1. The molecule has 0 aliphatic carbocycles. The van der Waals surface area contributed by atoms with Crippen LogP contribution in [-0.2, 0) is 24.2 Å². The van der Waals surface area contributed by atoms with E-state index in [1.807, 2.05) is 24.3 Å². The van der Waals surface area contributed by atoms with Gasteiger partial charge in [-0.3, -0.25) is 9.69 Å². The Bertz CT molecular complexity index is 741. The molecule has 2 heterocycles. The van der Waals surface area contributed by atoms with Gasteiger partial charge >= 0.3 is 0 Å². The van der Waals surface area contributed by atoms with E-state index in [1.165, 1.54) is 16.7 Å². The SMILES string of the molecule is CCc1ccc(N2C(=O)C3Cc4ccccc4CN3C2=S)cc1. The molecule has 3 nitrogen and oxygen atoms in total. The lowest BCUT2D eigenvalue weighted by Gasteiger charge is -2.30. The molecule has 23 heavy (non-hydrogen) atoms. The fraction of sp³-hybridized carbons (Fsp3) is 0.263. The first-order valence-electron chi connectivity index (χ1n) is 7.99. The number of nitrogens with zero attached hydrogens (tertiary/aromatic N) is 2. The van der Waals surface area contributed by atoms with Crippen molar-refractivity contribution < 1.29 is 4.79 Å². The van der Waals surface area contributed by atoms with Crippen molar-refractivity contribution in [2.45, 2.75) is 32.4 Å². The van der Waals surface area contributed by atoms with E-state index >= 15 is 0 Å². The zero-order valence-electron chi connectivity index (χ0n) is 13.0. The van der Waals surface area contributed by atoms with E-state index in [9.17, 15) is 4.79 Å². The van der Waals surface area contributed by atoms with Crippen LogP contribution in [-0.4, -0.2) is 22.0 Å². The smallest absolute Gasteiger partial charge is 0.256 e. The van der Waals surface area contributed by atoms with Gasteiger partial charge in [0.1, 0.15) is 6.04 Å². The monoisotopic (exact) mass is 322 g/mol. The zero-order chi connectivity index (χ0) is 16.0. The van der Waals surface area contributed by atoms with Crippen molar-refractivity contribution in [2.75, 3.05) is 4.90 Å². The quantitative estimate of drug-likeness (QED) is 0.793. The molecule has 0 bridgehead atoms. The van der Waals surface area contributed by atoms with Gasteiger partial charge in [0.2, 0.25) is 0 Å². The van der Waals surface area contributed by atoms with Crippen LogP contribution in [0.25, 0.3) is 0 Å². The van der Waals surface area contributed by atoms with Crippen LogP contribution >= 0.6 is 12.2 Å². The third-order valence-corrected chi connectivity index (χ3v) is 5.21. The molecule has 1 atom stereocenters. The molecule has 2 aliphatic heterocycles. The van der Waals surface area contributed by atoms with Crippen LogP contribution in [0.1, 0.15) is 23.6 Å². The van der Waals surface area contributed by atoms with E-state index in [0.717, 1.165) is 25.1 Å². The highest BCUT2D eigenvalue weighted by atomic mass is 32.1. The lowest BCUT2D eigenvalue weighted by atomic mass is 9.95. The van der Waals surface area contributed by atoms with Gasteiger partial charge in [-0.25, -0.2) is 0 Å². The highest BCUT2D eigenvalue weighted by molar-refractivity contribution is 7.80. The summed E-state index contributed by atoms with van der Waals surface area (Å²) in [5.74, 6) is 0.0914. The first-order chi connectivity index (χ1) is 11.2. The lowest BCUT2D eigenvalue weighted by Crippen LogP contribution is -2.39. The predicted octanol–water partition coefficient (Wildman–Crippen LogP) is 3.31. The molecule has 1 saturated heterocycles. The molecule has 0 N–H and O–H groups in total. The summed E-state index contributed by atoms with van der Waals surface area (Å²) in [6.07, 6.45) is 1.72. The van der Waals surface area contributed by atoms with Gasteiger partial charge in [-0.15, -0.1) is 0 Å². The summed E-state index contributed by atoms with van der Waals surface area (Å²) in [5.41, 5.74) is 4.65. The molecule has 2 aromatic rings. The molecule has 116 valence electrons. The third kappa shape index (κ3) is 2.25. The first-order valence-corrected chi connectivity index (χ1v) is 8.40. The molecule has 0 spiro atoms. The van der Waals surface area contributed by atoms with Gasteiger partial charge in [-0.1, -0.05) is 43.3 Å². The Morgan fingerprint density at radius 3 is 2.48 bits per heavy atom. The summed E-state index contributed by atoms with van der Waals surface area (Å²) in [5, 5.41) is 0.624. The second-order valence-electron chi connectivity index (χ2n) is 6.09. The fourth-order valence-corrected chi connectivity index (χ4v) is 3.82. The average Bonchev–Trinajstić information content (AvgIpc) is 2.84. The molecule has 0 aromatic heterocycles. The Kier molecular flexibility index (Phi) is 3.42. The van der Waals surface area contributed by atoms with E-state index in [4.69, 9.17) is 12.2 Å². The van der Waals surface area contributed by atoms with Crippen molar-refractivity contribution in [3.8, 4) is 0 Å². The van der Waals surface area contributed by atoms with E-state index in [2.05, 4.69) is 36.1 Å². The zero-order valence-corrected chi connectivity index (χ0v) is 13.8. The number of benzene rings is 2. The lowest BCUT2D eigenvalue weighted by molar-refractivity contribution is -0.119. The van der Waals surface area contributed by atoms with Crippen molar-refractivity contribution in [2.24, 2.45) is 0 Å². The largest absolute Gasteiger partial charge is 0.332 e.